The van der Waals surface area contributed by atoms with Gasteiger partial charge >= 0.3 is 0 Å². The van der Waals surface area contributed by atoms with E-state index in [1.165, 1.54) is 35.2 Å². The maximum Gasteiger partial charge on any atom is 0.268 e. The zero-order valence-corrected chi connectivity index (χ0v) is 16.0. The van der Waals surface area contributed by atoms with E-state index in [1.54, 1.807) is 6.26 Å². The molecular weight excluding hydrogens is 336 g/mol. The molecule has 0 atom stereocenters. The Morgan fingerprint density at radius 1 is 1.15 bits per heavy atom. The van der Waals surface area contributed by atoms with Gasteiger partial charge in [0.15, 0.2) is 0 Å². The summed E-state index contributed by atoms with van der Waals surface area (Å²) < 4.78 is 7.59. The summed E-state index contributed by atoms with van der Waals surface area (Å²) in [6.45, 7) is 5.35. The maximum absolute atomic E-state index is 13.1. The van der Waals surface area contributed by atoms with E-state index in [-0.39, 0.29) is 5.91 Å². The van der Waals surface area contributed by atoms with Crippen molar-refractivity contribution in [2.45, 2.75) is 52.6 Å². The zero-order chi connectivity index (χ0) is 18.8. The van der Waals surface area contributed by atoms with Crippen LogP contribution in [0.4, 0.5) is 0 Å². The predicted octanol–water partition coefficient (Wildman–Crippen LogP) is 4.56. The van der Waals surface area contributed by atoms with E-state index in [4.69, 9.17) is 4.42 Å². The minimum Gasteiger partial charge on any atom is -0.467 e. The molecule has 0 unspecified atom stereocenters. The third-order valence-electron chi connectivity index (χ3n) is 5.48. The second kappa shape index (κ2) is 7.47. The molecule has 0 bridgehead atoms. The van der Waals surface area contributed by atoms with Gasteiger partial charge in [-0.15, -0.1) is 0 Å². The first-order valence-electron chi connectivity index (χ1n) is 9.70. The van der Waals surface area contributed by atoms with Crippen molar-refractivity contribution in [3.05, 3.63) is 82.1 Å². The maximum atomic E-state index is 13.1. The molecule has 4 rings (SSSR count). The highest BCUT2D eigenvalue weighted by molar-refractivity contribution is 5.95. The van der Waals surface area contributed by atoms with Crippen LogP contribution in [0.2, 0.25) is 0 Å². The second-order valence-corrected chi connectivity index (χ2v) is 7.44. The predicted molar refractivity (Wildman–Crippen MR) is 106 cm³/mol. The summed E-state index contributed by atoms with van der Waals surface area (Å²) in [5.74, 6) is 0.744. The molecule has 1 aromatic carbocycles. The summed E-state index contributed by atoms with van der Waals surface area (Å²) in [5, 5.41) is 3.04. The number of nitrogens with one attached hydrogen (secondary N) is 1. The topological polar surface area (TPSA) is 47.2 Å². The van der Waals surface area contributed by atoms with E-state index in [0.717, 1.165) is 36.4 Å². The van der Waals surface area contributed by atoms with Gasteiger partial charge in [0, 0.05) is 12.2 Å². The number of hydrogen-bond donors (Lipinski definition) is 1. The molecule has 1 aliphatic rings. The molecule has 0 spiro atoms. The summed E-state index contributed by atoms with van der Waals surface area (Å²) in [5.41, 5.74) is 7.12. The Balaban J connectivity index is 1.68. The quantitative estimate of drug-likeness (QED) is 0.723. The molecule has 1 amide bonds. The fourth-order valence-corrected chi connectivity index (χ4v) is 4.20. The van der Waals surface area contributed by atoms with Gasteiger partial charge in [0.05, 0.1) is 12.8 Å². The van der Waals surface area contributed by atoms with Crippen LogP contribution in [0.25, 0.3) is 0 Å². The van der Waals surface area contributed by atoms with Gasteiger partial charge in [-0.1, -0.05) is 29.8 Å². The monoisotopic (exact) mass is 362 g/mol. The lowest BCUT2D eigenvalue weighted by molar-refractivity contribution is 0.0938. The van der Waals surface area contributed by atoms with E-state index in [1.807, 2.05) is 12.1 Å². The standard InChI is InChI=1S/C23H26N2O2/c1-16-7-5-8-18(13-16)15-25-21-11-4-3-10-20(21)17(2)22(25)23(26)24-14-19-9-6-12-27-19/h5-9,12-13H,3-4,10-11,14-15H2,1-2H3,(H,24,26). The largest absolute Gasteiger partial charge is 0.467 e. The van der Waals surface area contributed by atoms with Crippen molar-refractivity contribution in [2.24, 2.45) is 0 Å². The smallest absolute Gasteiger partial charge is 0.268 e. The molecule has 0 aliphatic heterocycles. The van der Waals surface area contributed by atoms with Crippen LogP contribution in [0.1, 0.15) is 57.0 Å². The number of carbonyl (C=O) groups is 1. The van der Waals surface area contributed by atoms with Gasteiger partial charge in [-0.3, -0.25) is 4.79 Å². The Labute approximate surface area is 160 Å². The van der Waals surface area contributed by atoms with Gasteiger partial charge in [-0.25, -0.2) is 0 Å². The van der Waals surface area contributed by atoms with Crippen LogP contribution in [-0.4, -0.2) is 10.5 Å². The summed E-state index contributed by atoms with van der Waals surface area (Å²) >= 11 is 0. The van der Waals surface area contributed by atoms with E-state index in [2.05, 4.69) is 48.0 Å². The molecule has 0 radical (unpaired) electrons. The van der Waals surface area contributed by atoms with Crippen LogP contribution < -0.4 is 5.32 Å². The third-order valence-corrected chi connectivity index (χ3v) is 5.48. The first-order chi connectivity index (χ1) is 13.1. The van der Waals surface area contributed by atoms with Gasteiger partial charge < -0.3 is 14.3 Å². The number of hydrogen-bond acceptors (Lipinski definition) is 2. The van der Waals surface area contributed by atoms with Crippen LogP contribution in [0.15, 0.2) is 47.1 Å². The molecule has 1 N–H and O–H groups in total. The number of nitrogens with zero attached hydrogens (tertiary/aromatic N) is 1. The van der Waals surface area contributed by atoms with Crippen LogP contribution in [0, 0.1) is 13.8 Å². The highest BCUT2D eigenvalue weighted by Gasteiger charge is 2.26. The number of aryl methyl sites for hydroxylation is 1. The minimum atomic E-state index is -0.0223. The van der Waals surface area contributed by atoms with Crippen molar-refractivity contribution in [2.75, 3.05) is 0 Å². The Kier molecular flexibility index (Phi) is 4.88. The normalized spacial score (nSPS) is 13.4. The fourth-order valence-electron chi connectivity index (χ4n) is 4.20. The molecule has 2 heterocycles. The second-order valence-electron chi connectivity index (χ2n) is 7.44. The number of benzene rings is 1. The fraction of sp³-hybridized carbons (Fsp3) is 0.348. The highest BCUT2D eigenvalue weighted by Crippen LogP contribution is 2.30. The Morgan fingerprint density at radius 2 is 2.00 bits per heavy atom. The molecule has 3 aromatic rings. The van der Waals surface area contributed by atoms with Crippen molar-refractivity contribution in [1.82, 2.24) is 9.88 Å². The van der Waals surface area contributed by atoms with Gasteiger partial charge in [0.2, 0.25) is 0 Å². The van der Waals surface area contributed by atoms with E-state index in [0.29, 0.717) is 6.54 Å². The molecule has 0 saturated carbocycles. The number of furan rings is 1. The lowest BCUT2D eigenvalue weighted by Gasteiger charge is -2.17. The van der Waals surface area contributed by atoms with Crippen molar-refractivity contribution in [3.63, 3.8) is 0 Å². The van der Waals surface area contributed by atoms with Crippen LogP contribution in [0.3, 0.4) is 0 Å². The summed E-state index contributed by atoms with van der Waals surface area (Å²) in [7, 11) is 0. The van der Waals surface area contributed by atoms with Crippen LogP contribution in [-0.2, 0) is 25.9 Å². The van der Waals surface area contributed by atoms with Gasteiger partial charge in [0.1, 0.15) is 11.5 Å². The van der Waals surface area contributed by atoms with Crippen molar-refractivity contribution in [3.8, 4) is 0 Å². The lowest BCUT2D eigenvalue weighted by atomic mass is 9.95. The van der Waals surface area contributed by atoms with Crippen LogP contribution in [0.5, 0.6) is 0 Å². The van der Waals surface area contributed by atoms with Crippen molar-refractivity contribution >= 4 is 5.91 Å². The first kappa shape index (κ1) is 17.7. The highest BCUT2D eigenvalue weighted by atomic mass is 16.3. The summed E-state index contributed by atoms with van der Waals surface area (Å²) in [6.07, 6.45) is 6.15. The number of aromatic nitrogens is 1. The molecule has 0 fully saturated rings. The van der Waals surface area contributed by atoms with Crippen LogP contribution >= 0.6 is 0 Å². The van der Waals surface area contributed by atoms with Crippen molar-refractivity contribution < 1.29 is 9.21 Å². The number of carbonyl (C=O) groups excluding carboxylic acids is 1. The van der Waals surface area contributed by atoms with Gasteiger partial charge in [-0.2, -0.15) is 0 Å². The van der Waals surface area contributed by atoms with E-state index >= 15 is 0 Å². The number of fused-ring (bicyclic) bond motifs is 1. The number of rotatable bonds is 5. The molecule has 1 aliphatic carbocycles. The molecule has 0 saturated heterocycles. The third kappa shape index (κ3) is 3.57. The SMILES string of the molecule is Cc1cccc(Cn2c3c(c(C)c2C(=O)NCc2ccco2)CCCC3)c1. The molecule has 4 heteroatoms. The average molecular weight is 362 g/mol. The molecule has 2 aromatic heterocycles. The minimum absolute atomic E-state index is 0.0223. The average Bonchev–Trinajstić information content (AvgIpc) is 3.28. The first-order valence-corrected chi connectivity index (χ1v) is 9.70. The van der Waals surface area contributed by atoms with Gasteiger partial charge in [0.25, 0.3) is 5.91 Å². The van der Waals surface area contributed by atoms with E-state index in [9.17, 15) is 4.79 Å². The van der Waals surface area contributed by atoms with E-state index < -0.39 is 0 Å². The lowest BCUT2D eigenvalue weighted by Crippen LogP contribution is -2.26. The Bertz CT molecular complexity index is 951. The Hall–Kier alpha value is -2.75. The zero-order valence-electron chi connectivity index (χ0n) is 16.0. The van der Waals surface area contributed by atoms with Crippen molar-refractivity contribution in [1.29, 1.82) is 0 Å². The number of amides is 1. The molecule has 4 nitrogen and oxygen atoms in total. The summed E-state index contributed by atoms with van der Waals surface area (Å²) in [4.78, 5) is 13.1. The summed E-state index contributed by atoms with van der Waals surface area (Å²) in [6, 6.07) is 12.3. The Morgan fingerprint density at radius 3 is 2.78 bits per heavy atom. The molecular formula is C23H26N2O2. The van der Waals surface area contributed by atoms with Gasteiger partial charge in [-0.05, 0) is 68.4 Å². The molecule has 27 heavy (non-hydrogen) atoms. The molecule has 140 valence electrons.